The molecule has 0 radical (unpaired) electrons. The van der Waals surface area contributed by atoms with Crippen molar-refractivity contribution in [2.45, 2.75) is 84.8 Å². The van der Waals surface area contributed by atoms with E-state index in [0.717, 1.165) is 25.7 Å². The Morgan fingerprint density at radius 3 is 2.03 bits per heavy atom. The normalized spacial score (nSPS) is 26.4. The fourth-order valence-electron chi connectivity index (χ4n) is 7.04. The van der Waals surface area contributed by atoms with Gasteiger partial charge in [0.05, 0.1) is 0 Å². The Hall–Kier alpha value is -2.16. The summed E-state index contributed by atoms with van der Waals surface area (Å²) >= 11 is 0. The monoisotopic (exact) mass is 512 g/mol. The van der Waals surface area contributed by atoms with Crippen LogP contribution >= 0.6 is 0 Å². The van der Waals surface area contributed by atoms with Crippen LogP contribution in [0.1, 0.15) is 73.6 Å². The Labute approximate surface area is 227 Å². The van der Waals surface area contributed by atoms with Crippen LogP contribution in [0.3, 0.4) is 0 Å². The maximum absolute atomic E-state index is 7.71. The third-order valence-electron chi connectivity index (χ3n) is 8.99. The van der Waals surface area contributed by atoms with Gasteiger partial charge in [0.15, 0.2) is 0 Å². The predicted molar refractivity (Wildman–Crippen MR) is 163 cm³/mol. The zero-order chi connectivity index (χ0) is 26.6. The molecular formula is C35H48OSi. The van der Waals surface area contributed by atoms with Crippen molar-refractivity contribution in [1.82, 2.24) is 0 Å². The lowest BCUT2D eigenvalue weighted by molar-refractivity contribution is 0.111. The first kappa shape index (κ1) is 27.9. The fraction of sp³-hybridized carbons (Fsp3) is 0.486. The molecule has 0 heterocycles. The Morgan fingerprint density at radius 1 is 0.892 bits per heavy atom. The first-order valence-corrected chi connectivity index (χ1v) is 16.3. The standard InChI is InChI=1S/C35H48OSi/c1-26(2)32-23-22-28(4)33-25-29(17-15-14-16-27(3)24-34(32)33)36-37(35(5,6)7,30-18-10-8-11-19-30)31-20-12-9-13-21-31/h8-15,18-22,26,29,32-34H,3,16-17,23-25H2,1-2,4-7H3/b15-14-/t29-,32-,33+,34-/m1/s1. The maximum Gasteiger partial charge on any atom is 0.261 e. The van der Waals surface area contributed by atoms with Crippen LogP contribution in [-0.4, -0.2) is 14.4 Å². The molecule has 0 spiro atoms. The van der Waals surface area contributed by atoms with Crippen molar-refractivity contribution in [3.63, 3.8) is 0 Å². The van der Waals surface area contributed by atoms with E-state index in [1.807, 2.05) is 0 Å². The third kappa shape index (κ3) is 5.96. The van der Waals surface area contributed by atoms with E-state index in [0.29, 0.717) is 23.7 Å². The van der Waals surface area contributed by atoms with E-state index < -0.39 is 8.32 Å². The topological polar surface area (TPSA) is 9.23 Å². The Bertz CT molecular complexity index is 1050. The number of benzene rings is 2. The number of hydrogen-bond donors (Lipinski definition) is 0. The van der Waals surface area contributed by atoms with Crippen LogP contribution in [-0.2, 0) is 4.43 Å². The molecule has 0 saturated heterocycles. The molecule has 2 aromatic rings. The summed E-state index contributed by atoms with van der Waals surface area (Å²) in [5.74, 6) is 2.59. The third-order valence-corrected chi connectivity index (χ3v) is 14.1. The second-order valence-corrected chi connectivity index (χ2v) is 17.1. The molecule has 0 aromatic heterocycles. The first-order valence-electron chi connectivity index (χ1n) is 14.4. The van der Waals surface area contributed by atoms with Gasteiger partial charge < -0.3 is 4.43 Å². The van der Waals surface area contributed by atoms with Crippen LogP contribution in [0.5, 0.6) is 0 Å². The van der Waals surface area contributed by atoms with Gasteiger partial charge in [0.25, 0.3) is 8.32 Å². The summed E-state index contributed by atoms with van der Waals surface area (Å²) < 4.78 is 7.71. The van der Waals surface area contributed by atoms with Crippen molar-refractivity contribution in [3.05, 3.63) is 96.6 Å². The SMILES string of the molecule is C=C1C/C=C\C[C@@H](O[Si](c2ccccc2)(c2ccccc2)C(C)(C)C)C[C@H]2C(C)=CC[C@H](C(C)C)[C@H]2C1. The minimum atomic E-state index is -2.61. The lowest BCUT2D eigenvalue weighted by Gasteiger charge is -2.47. The molecule has 2 heteroatoms. The predicted octanol–water partition coefficient (Wildman–Crippen LogP) is 8.47. The van der Waals surface area contributed by atoms with Crippen molar-refractivity contribution in [2.24, 2.45) is 23.7 Å². The number of allylic oxidation sites excluding steroid dienone is 4. The lowest BCUT2D eigenvalue weighted by atomic mass is 9.64. The minimum Gasteiger partial charge on any atom is -0.404 e. The maximum atomic E-state index is 7.71. The van der Waals surface area contributed by atoms with Gasteiger partial charge in [-0.05, 0) is 78.1 Å². The van der Waals surface area contributed by atoms with Crippen LogP contribution in [0.4, 0.5) is 0 Å². The van der Waals surface area contributed by atoms with E-state index in [1.165, 1.54) is 22.4 Å². The molecule has 0 bridgehead atoms. The van der Waals surface area contributed by atoms with Crippen molar-refractivity contribution in [2.75, 3.05) is 0 Å². The molecule has 0 unspecified atom stereocenters. The second-order valence-electron chi connectivity index (χ2n) is 12.9. The molecule has 0 N–H and O–H groups in total. The molecule has 4 atom stereocenters. The number of rotatable bonds is 5. The van der Waals surface area contributed by atoms with E-state index in [1.54, 1.807) is 5.57 Å². The highest BCUT2D eigenvalue weighted by Gasteiger charge is 2.51. The summed E-state index contributed by atoms with van der Waals surface area (Å²) in [6.45, 7) is 18.9. The van der Waals surface area contributed by atoms with Gasteiger partial charge in [0.1, 0.15) is 0 Å². The van der Waals surface area contributed by atoms with E-state index in [2.05, 4.69) is 127 Å². The van der Waals surface area contributed by atoms with Gasteiger partial charge in [0, 0.05) is 6.10 Å². The van der Waals surface area contributed by atoms with E-state index in [9.17, 15) is 0 Å². The summed E-state index contributed by atoms with van der Waals surface area (Å²) in [7, 11) is -2.61. The molecular weight excluding hydrogens is 464 g/mol. The highest BCUT2D eigenvalue weighted by atomic mass is 28.4. The van der Waals surface area contributed by atoms with Crippen LogP contribution in [0.2, 0.25) is 5.04 Å². The Balaban J connectivity index is 1.81. The number of hydrogen-bond acceptors (Lipinski definition) is 1. The summed E-state index contributed by atoms with van der Waals surface area (Å²) in [6.07, 6.45) is 12.8. The molecule has 198 valence electrons. The van der Waals surface area contributed by atoms with Gasteiger partial charge in [-0.2, -0.15) is 0 Å². The second kappa shape index (κ2) is 11.7. The molecule has 0 amide bonds. The van der Waals surface area contributed by atoms with E-state index in [-0.39, 0.29) is 11.1 Å². The van der Waals surface area contributed by atoms with Gasteiger partial charge in [-0.25, -0.2) is 0 Å². The van der Waals surface area contributed by atoms with Crippen LogP contribution in [0.15, 0.2) is 96.6 Å². The van der Waals surface area contributed by atoms with Crippen molar-refractivity contribution in [3.8, 4) is 0 Å². The molecule has 1 nitrogen and oxygen atoms in total. The highest BCUT2D eigenvalue weighted by molar-refractivity contribution is 6.99. The molecule has 0 aliphatic heterocycles. The summed E-state index contributed by atoms with van der Waals surface area (Å²) in [5.41, 5.74) is 2.95. The summed E-state index contributed by atoms with van der Waals surface area (Å²) in [6, 6.07) is 22.3. The molecule has 4 rings (SSSR count). The highest BCUT2D eigenvalue weighted by Crippen LogP contribution is 2.46. The van der Waals surface area contributed by atoms with Gasteiger partial charge in [-0.3, -0.25) is 0 Å². The average molecular weight is 513 g/mol. The smallest absolute Gasteiger partial charge is 0.261 e. The van der Waals surface area contributed by atoms with E-state index >= 15 is 0 Å². The van der Waals surface area contributed by atoms with Crippen molar-refractivity contribution >= 4 is 18.7 Å². The quantitative estimate of drug-likeness (QED) is 0.288. The van der Waals surface area contributed by atoms with Crippen molar-refractivity contribution in [1.29, 1.82) is 0 Å². The van der Waals surface area contributed by atoms with Crippen LogP contribution in [0, 0.1) is 23.7 Å². The Kier molecular flexibility index (Phi) is 8.81. The molecule has 0 saturated carbocycles. The van der Waals surface area contributed by atoms with Gasteiger partial charge in [-0.1, -0.05) is 131 Å². The zero-order valence-electron chi connectivity index (χ0n) is 24.0. The first-order chi connectivity index (χ1) is 17.6. The Morgan fingerprint density at radius 2 is 1.49 bits per heavy atom. The van der Waals surface area contributed by atoms with Crippen molar-refractivity contribution < 1.29 is 4.43 Å². The molecule has 2 aromatic carbocycles. The summed E-state index contributed by atoms with van der Waals surface area (Å²) in [4.78, 5) is 0. The summed E-state index contributed by atoms with van der Waals surface area (Å²) in [5, 5.41) is 2.73. The molecule has 37 heavy (non-hydrogen) atoms. The van der Waals surface area contributed by atoms with Gasteiger partial charge >= 0.3 is 0 Å². The van der Waals surface area contributed by atoms with Crippen LogP contribution in [0.25, 0.3) is 0 Å². The zero-order valence-corrected chi connectivity index (χ0v) is 25.0. The molecule has 2 aliphatic carbocycles. The minimum absolute atomic E-state index is 0.0135. The van der Waals surface area contributed by atoms with Gasteiger partial charge in [-0.15, -0.1) is 0 Å². The largest absolute Gasteiger partial charge is 0.404 e. The molecule has 0 fully saturated rings. The molecule has 2 aliphatic rings. The average Bonchev–Trinajstić information content (AvgIpc) is 2.86. The fourth-order valence-corrected chi connectivity index (χ4v) is 11.7. The van der Waals surface area contributed by atoms with Gasteiger partial charge in [0.2, 0.25) is 0 Å². The van der Waals surface area contributed by atoms with E-state index in [4.69, 9.17) is 4.43 Å². The lowest BCUT2D eigenvalue weighted by Crippen LogP contribution is -2.67. The number of fused-ring (bicyclic) bond motifs is 1. The van der Waals surface area contributed by atoms with Crippen LogP contribution < -0.4 is 10.4 Å².